The number of carbonyl (C=O) groups excluding carboxylic acids is 1. The fraction of sp³-hybridized carbons (Fsp3) is 0.318. The molecule has 1 fully saturated rings. The van der Waals surface area contributed by atoms with E-state index in [0.717, 1.165) is 24.7 Å². The molecule has 2 aromatic carbocycles. The Hall–Kier alpha value is -2.48. The molecule has 0 amide bonds. The Balaban J connectivity index is 1.50. The molecule has 132 valence electrons. The average molecular weight is 349 g/mol. The van der Waals surface area contributed by atoms with Gasteiger partial charge in [-0.25, -0.2) is 4.39 Å². The van der Waals surface area contributed by atoms with E-state index in [-0.39, 0.29) is 12.4 Å². The quantitative estimate of drug-likeness (QED) is 0.684. The zero-order valence-electron chi connectivity index (χ0n) is 14.4. The van der Waals surface area contributed by atoms with E-state index >= 15 is 0 Å². The predicted octanol–water partition coefficient (Wildman–Crippen LogP) is 2.71. The van der Waals surface area contributed by atoms with E-state index in [1.54, 1.807) is 12.1 Å². The topological polar surface area (TPSA) is 40.5 Å². The van der Waals surface area contributed by atoms with Gasteiger partial charge in [-0.3, -0.25) is 4.90 Å². The lowest BCUT2D eigenvalue weighted by Crippen LogP contribution is -2.59. The van der Waals surface area contributed by atoms with Gasteiger partial charge in [0.05, 0.1) is 12.0 Å². The van der Waals surface area contributed by atoms with Crippen molar-refractivity contribution in [2.45, 2.75) is 18.9 Å². The van der Waals surface area contributed by atoms with Crippen molar-refractivity contribution in [2.75, 3.05) is 19.7 Å². The third-order valence-electron chi connectivity index (χ3n) is 5.41. The SMILES string of the molecule is O=CC1(CO)CN(C2CCc3cc(C#Cc4cccc(F)c4)ccc32)C1. The standard InChI is InChI=1S/C22H20FNO2/c23-19-3-1-2-16(11-19)4-5-17-6-8-20-18(10-17)7-9-21(20)24-12-22(13-24,14-25)15-26/h1-3,6,8,10-11,14,21,26H,7,9,12-13,15H2. The summed E-state index contributed by atoms with van der Waals surface area (Å²) in [5, 5.41) is 9.40. The highest BCUT2D eigenvalue weighted by molar-refractivity contribution is 5.62. The van der Waals surface area contributed by atoms with Crippen LogP contribution < -0.4 is 0 Å². The first-order valence-corrected chi connectivity index (χ1v) is 8.84. The number of hydrogen-bond acceptors (Lipinski definition) is 3. The monoisotopic (exact) mass is 349 g/mol. The summed E-state index contributed by atoms with van der Waals surface area (Å²) in [4.78, 5) is 13.4. The highest BCUT2D eigenvalue weighted by atomic mass is 19.1. The van der Waals surface area contributed by atoms with Crippen molar-refractivity contribution >= 4 is 6.29 Å². The molecule has 1 saturated heterocycles. The van der Waals surface area contributed by atoms with Gasteiger partial charge in [-0.2, -0.15) is 0 Å². The first kappa shape index (κ1) is 17.0. The van der Waals surface area contributed by atoms with Gasteiger partial charge in [0.25, 0.3) is 0 Å². The summed E-state index contributed by atoms with van der Waals surface area (Å²) >= 11 is 0. The second-order valence-electron chi connectivity index (χ2n) is 7.27. The van der Waals surface area contributed by atoms with Gasteiger partial charge in [0.2, 0.25) is 0 Å². The first-order valence-electron chi connectivity index (χ1n) is 8.84. The third-order valence-corrected chi connectivity index (χ3v) is 5.41. The van der Waals surface area contributed by atoms with Crippen molar-refractivity contribution < 1.29 is 14.3 Å². The number of nitrogens with zero attached hydrogens (tertiary/aromatic N) is 1. The lowest BCUT2D eigenvalue weighted by molar-refractivity contribution is -0.133. The molecule has 1 aliphatic heterocycles. The van der Waals surface area contributed by atoms with Crippen LogP contribution in [0.1, 0.15) is 34.7 Å². The Morgan fingerprint density at radius 1 is 1.19 bits per heavy atom. The third kappa shape index (κ3) is 3.05. The number of rotatable bonds is 3. The largest absolute Gasteiger partial charge is 0.395 e. The lowest BCUT2D eigenvalue weighted by atomic mass is 9.80. The van der Waals surface area contributed by atoms with Gasteiger partial charge < -0.3 is 9.90 Å². The minimum Gasteiger partial charge on any atom is -0.395 e. The fourth-order valence-electron chi connectivity index (χ4n) is 3.96. The zero-order chi connectivity index (χ0) is 18.1. The minimum atomic E-state index is -0.570. The fourth-order valence-corrected chi connectivity index (χ4v) is 3.96. The van der Waals surface area contributed by atoms with Gasteiger partial charge in [0.1, 0.15) is 12.1 Å². The molecule has 3 nitrogen and oxygen atoms in total. The Kier molecular flexibility index (Phi) is 4.36. The van der Waals surface area contributed by atoms with E-state index < -0.39 is 5.41 Å². The maximum atomic E-state index is 13.2. The number of aldehydes is 1. The maximum Gasteiger partial charge on any atom is 0.131 e. The number of likely N-dealkylation sites (tertiary alicyclic amines) is 1. The molecule has 0 saturated carbocycles. The van der Waals surface area contributed by atoms with E-state index in [1.165, 1.54) is 23.3 Å². The van der Waals surface area contributed by atoms with Crippen molar-refractivity contribution in [1.29, 1.82) is 0 Å². The summed E-state index contributed by atoms with van der Waals surface area (Å²) in [6, 6.07) is 12.8. The molecule has 2 aliphatic rings. The Labute approximate surface area is 152 Å². The summed E-state index contributed by atoms with van der Waals surface area (Å²) in [7, 11) is 0. The second-order valence-corrected chi connectivity index (χ2v) is 7.27. The zero-order valence-corrected chi connectivity index (χ0v) is 14.4. The number of halogens is 1. The van der Waals surface area contributed by atoms with Gasteiger partial charge in [0, 0.05) is 30.3 Å². The van der Waals surface area contributed by atoms with Crippen LogP contribution in [0, 0.1) is 23.1 Å². The van der Waals surface area contributed by atoms with E-state index in [2.05, 4.69) is 28.9 Å². The summed E-state index contributed by atoms with van der Waals surface area (Å²) in [5.41, 5.74) is 3.60. The lowest BCUT2D eigenvalue weighted by Gasteiger charge is -2.49. The minimum absolute atomic E-state index is 0.0822. The summed E-state index contributed by atoms with van der Waals surface area (Å²) in [6.45, 7) is 1.16. The van der Waals surface area contributed by atoms with Crippen LogP contribution in [-0.2, 0) is 11.2 Å². The molecule has 4 heteroatoms. The molecule has 4 rings (SSSR count). The van der Waals surface area contributed by atoms with Crippen LogP contribution in [0.15, 0.2) is 42.5 Å². The van der Waals surface area contributed by atoms with E-state index in [4.69, 9.17) is 0 Å². The molecule has 1 heterocycles. The van der Waals surface area contributed by atoms with Crippen molar-refractivity contribution in [3.63, 3.8) is 0 Å². The van der Waals surface area contributed by atoms with Gasteiger partial charge in [-0.15, -0.1) is 0 Å². The normalized spacial score (nSPS) is 20.6. The molecule has 1 atom stereocenters. The van der Waals surface area contributed by atoms with Gasteiger partial charge in [0.15, 0.2) is 0 Å². The van der Waals surface area contributed by atoms with Crippen LogP contribution in [0.25, 0.3) is 0 Å². The van der Waals surface area contributed by atoms with Crippen LogP contribution >= 0.6 is 0 Å². The number of carbonyl (C=O) groups is 1. The summed E-state index contributed by atoms with van der Waals surface area (Å²) in [6.07, 6.45) is 2.90. The van der Waals surface area contributed by atoms with Crippen molar-refractivity contribution in [1.82, 2.24) is 4.90 Å². The number of aryl methyl sites for hydroxylation is 1. The molecule has 1 N–H and O–H groups in total. The van der Waals surface area contributed by atoms with Crippen LogP contribution in [0.3, 0.4) is 0 Å². The van der Waals surface area contributed by atoms with Crippen molar-refractivity contribution in [3.8, 4) is 11.8 Å². The van der Waals surface area contributed by atoms with Gasteiger partial charge >= 0.3 is 0 Å². The van der Waals surface area contributed by atoms with E-state index in [1.807, 2.05) is 6.07 Å². The second kappa shape index (κ2) is 6.68. The van der Waals surface area contributed by atoms with Crippen LogP contribution in [-0.4, -0.2) is 36.0 Å². The number of aliphatic hydroxyl groups is 1. The molecular weight excluding hydrogens is 329 g/mol. The maximum absolute atomic E-state index is 13.2. The number of fused-ring (bicyclic) bond motifs is 1. The molecule has 1 aliphatic carbocycles. The average Bonchev–Trinajstić information content (AvgIpc) is 3.03. The molecular formula is C22H20FNO2. The Bertz CT molecular complexity index is 906. The Morgan fingerprint density at radius 3 is 2.65 bits per heavy atom. The Morgan fingerprint density at radius 2 is 1.96 bits per heavy atom. The smallest absolute Gasteiger partial charge is 0.131 e. The van der Waals surface area contributed by atoms with E-state index in [9.17, 15) is 14.3 Å². The van der Waals surface area contributed by atoms with Crippen molar-refractivity contribution in [2.24, 2.45) is 5.41 Å². The highest BCUT2D eigenvalue weighted by Crippen LogP contribution is 2.42. The highest BCUT2D eigenvalue weighted by Gasteiger charge is 2.46. The summed E-state index contributed by atoms with van der Waals surface area (Å²) < 4.78 is 13.2. The van der Waals surface area contributed by atoms with Gasteiger partial charge in [-0.1, -0.05) is 24.0 Å². The molecule has 0 radical (unpaired) electrons. The first-order chi connectivity index (χ1) is 12.6. The molecule has 2 aromatic rings. The molecule has 26 heavy (non-hydrogen) atoms. The number of benzene rings is 2. The molecule has 0 spiro atoms. The van der Waals surface area contributed by atoms with Crippen molar-refractivity contribution in [3.05, 3.63) is 70.5 Å². The van der Waals surface area contributed by atoms with Crippen LogP contribution in [0.4, 0.5) is 4.39 Å². The van der Waals surface area contributed by atoms with Crippen LogP contribution in [0.5, 0.6) is 0 Å². The predicted molar refractivity (Wildman–Crippen MR) is 97.0 cm³/mol. The molecule has 0 aromatic heterocycles. The molecule has 0 bridgehead atoms. The molecule has 1 unspecified atom stereocenters. The number of aliphatic hydroxyl groups excluding tert-OH is 1. The van der Waals surface area contributed by atoms with Crippen LogP contribution in [0.2, 0.25) is 0 Å². The summed E-state index contributed by atoms with van der Waals surface area (Å²) in [5.74, 6) is 5.84. The number of hydrogen-bond donors (Lipinski definition) is 1. The van der Waals surface area contributed by atoms with E-state index in [0.29, 0.717) is 24.7 Å². The van der Waals surface area contributed by atoms with Gasteiger partial charge in [-0.05, 0) is 54.3 Å².